The van der Waals surface area contributed by atoms with Crippen LogP contribution >= 0.6 is 22.7 Å². The summed E-state index contributed by atoms with van der Waals surface area (Å²) in [5.41, 5.74) is 4.23. The molecule has 162 valence electrons. The Bertz CT molecular complexity index is 1200. The molecule has 4 rings (SSSR count). The Labute approximate surface area is 195 Å². The van der Waals surface area contributed by atoms with E-state index < -0.39 is 0 Å². The predicted molar refractivity (Wildman–Crippen MR) is 133 cm³/mol. The second-order valence-electron chi connectivity index (χ2n) is 7.25. The van der Waals surface area contributed by atoms with Crippen molar-refractivity contribution in [1.82, 2.24) is 4.98 Å². The van der Waals surface area contributed by atoms with Crippen LogP contribution in [0.3, 0.4) is 0 Å². The molecule has 2 aromatic heterocycles. The van der Waals surface area contributed by atoms with E-state index in [1.807, 2.05) is 85.3 Å². The van der Waals surface area contributed by atoms with E-state index in [9.17, 15) is 9.59 Å². The molecular formula is C25H23N3O2S2. The molecule has 0 bridgehead atoms. The van der Waals surface area contributed by atoms with Gasteiger partial charge in [0.2, 0.25) is 5.91 Å². The first-order valence-corrected chi connectivity index (χ1v) is 12.1. The standard InChI is InChI=1S/C25H23N3O2S2/c1-3-28(21-7-5-4-6-8-21)22(29)15-18-9-11-20(12-10-18)27-24(30)23-17(2)26-25(32-23)19-13-14-31-16-19/h4-14,16H,3,15H2,1-2H3,(H,27,30). The summed E-state index contributed by atoms with van der Waals surface area (Å²) in [6.07, 6.45) is 0.301. The summed E-state index contributed by atoms with van der Waals surface area (Å²) in [5.74, 6) is -0.136. The fourth-order valence-electron chi connectivity index (χ4n) is 3.39. The lowest BCUT2D eigenvalue weighted by Gasteiger charge is -2.21. The number of carbonyl (C=O) groups excluding carboxylic acids is 2. The predicted octanol–water partition coefficient (Wildman–Crippen LogP) is 6.03. The van der Waals surface area contributed by atoms with E-state index in [0.29, 0.717) is 23.5 Å². The summed E-state index contributed by atoms with van der Waals surface area (Å²) in [5, 5.41) is 7.81. The van der Waals surface area contributed by atoms with Gasteiger partial charge in [-0.25, -0.2) is 4.98 Å². The molecule has 4 aromatic rings. The van der Waals surface area contributed by atoms with Gasteiger partial charge < -0.3 is 10.2 Å². The van der Waals surface area contributed by atoms with Gasteiger partial charge in [-0.15, -0.1) is 11.3 Å². The van der Waals surface area contributed by atoms with Crippen LogP contribution in [0.2, 0.25) is 0 Å². The van der Waals surface area contributed by atoms with Gasteiger partial charge in [0.15, 0.2) is 0 Å². The zero-order valence-corrected chi connectivity index (χ0v) is 19.5. The molecule has 0 atom stereocenters. The zero-order valence-electron chi connectivity index (χ0n) is 17.9. The normalized spacial score (nSPS) is 10.7. The summed E-state index contributed by atoms with van der Waals surface area (Å²) >= 11 is 3.00. The van der Waals surface area contributed by atoms with Crippen molar-refractivity contribution in [3.05, 3.63) is 87.6 Å². The molecular weight excluding hydrogens is 438 g/mol. The third-order valence-corrected chi connectivity index (χ3v) is 6.91. The van der Waals surface area contributed by atoms with Crippen molar-refractivity contribution in [2.75, 3.05) is 16.8 Å². The second kappa shape index (κ2) is 9.89. The van der Waals surface area contributed by atoms with Gasteiger partial charge in [-0.05, 0) is 55.1 Å². The number of carbonyl (C=O) groups is 2. The van der Waals surface area contributed by atoms with Crippen LogP contribution < -0.4 is 10.2 Å². The van der Waals surface area contributed by atoms with E-state index in [2.05, 4.69) is 10.3 Å². The van der Waals surface area contributed by atoms with Gasteiger partial charge in [-0.3, -0.25) is 9.59 Å². The van der Waals surface area contributed by atoms with Crippen LogP contribution in [0.1, 0.15) is 27.9 Å². The summed E-state index contributed by atoms with van der Waals surface area (Å²) in [6, 6.07) is 19.1. The van der Waals surface area contributed by atoms with Crippen LogP contribution in [-0.4, -0.2) is 23.3 Å². The number of thiazole rings is 1. The third-order valence-electron chi connectivity index (χ3n) is 5.02. The molecule has 0 aliphatic carbocycles. The maximum atomic E-state index is 12.8. The molecule has 0 saturated carbocycles. The maximum absolute atomic E-state index is 12.8. The minimum Gasteiger partial charge on any atom is -0.321 e. The molecule has 0 unspecified atom stereocenters. The summed E-state index contributed by atoms with van der Waals surface area (Å²) in [4.78, 5) is 32.5. The SMILES string of the molecule is CCN(C(=O)Cc1ccc(NC(=O)c2sc(-c3ccsc3)nc2C)cc1)c1ccccc1. The lowest BCUT2D eigenvalue weighted by Crippen LogP contribution is -2.31. The molecule has 0 spiro atoms. The Morgan fingerprint density at radius 1 is 1.03 bits per heavy atom. The monoisotopic (exact) mass is 461 g/mol. The topological polar surface area (TPSA) is 62.3 Å². The van der Waals surface area contributed by atoms with Crippen molar-refractivity contribution in [2.45, 2.75) is 20.3 Å². The van der Waals surface area contributed by atoms with E-state index >= 15 is 0 Å². The van der Waals surface area contributed by atoms with Crippen molar-refractivity contribution in [3.63, 3.8) is 0 Å². The Balaban J connectivity index is 1.41. The van der Waals surface area contributed by atoms with E-state index in [4.69, 9.17) is 0 Å². The van der Waals surface area contributed by atoms with E-state index in [1.165, 1.54) is 11.3 Å². The number of hydrogen-bond acceptors (Lipinski definition) is 5. The quantitative estimate of drug-likeness (QED) is 0.366. The molecule has 1 N–H and O–H groups in total. The Morgan fingerprint density at radius 3 is 2.44 bits per heavy atom. The molecule has 0 aliphatic rings. The van der Waals surface area contributed by atoms with Gasteiger partial charge in [-0.1, -0.05) is 30.3 Å². The van der Waals surface area contributed by atoms with E-state index in [1.54, 1.807) is 16.2 Å². The van der Waals surface area contributed by atoms with Gasteiger partial charge >= 0.3 is 0 Å². The number of benzene rings is 2. The Morgan fingerprint density at radius 2 is 1.78 bits per heavy atom. The molecule has 2 heterocycles. The highest BCUT2D eigenvalue weighted by Gasteiger charge is 2.17. The summed E-state index contributed by atoms with van der Waals surface area (Å²) in [7, 11) is 0. The third kappa shape index (κ3) is 4.95. The number of nitrogens with one attached hydrogen (secondary N) is 1. The Kier molecular flexibility index (Phi) is 6.78. The van der Waals surface area contributed by atoms with Crippen LogP contribution in [0.5, 0.6) is 0 Å². The number of aromatic nitrogens is 1. The van der Waals surface area contributed by atoms with Crippen molar-refractivity contribution >= 4 is 45.9 Å². The number of anilines is 2. The average molecular weight is 462 g/mol. The second-order valence-corrected chi connectivity index (χ2v) is 9.03. The lowest BCUT2D eigenvalue weighted by atomic mass is 10.1. The van der Waals surface area contributed by atoms with Gasteiger partial charge in [0.05, 0.1) is 12.1 Å². The first-order valence-electron chi connectivity index (χ1n) is 10.3. The average Bonchev–Trinajstić information content (AvgIpc) is 3.46. The highest BCUT2D eigenvalue weighted by atomic mass is 32.1. The molecule has 0 saturated heterocycles. The molecule has 32 heavy (non-hydrogen) atoms. The molecule has 0 fully saturated rings. The molecule has 2 aromatic carbocycles. The van der Waals surface area contributed by atoms with Crippen LogP contribution in [0, 0.1) is 6.92 Å². The number of rotatable bonds is 7. The first-order chi connectivity index (χ1) is 15.5. The van der Waals surface area contributed by atoms with Gasteiger partial charge in [-0.2, -0.15) is 11.3 Å². The number of thiophene rings is 1. The minimum absolute atomic E-state index is 0.0386. The number of para-hydroxylation sites is 1. The summed E-state index contributed by atoms with van der Waals surface area (Å²) in [6.45, 7) is 4.43. The molecule has 0 aliphatic heterocycles. The fourth-order valence-corrected chi connectivity index (χ4v) is 5.06. The van der Waals surface area contributed by atoms with Gasteiger partial charge in [0.25, 0.3) is 5.91 Å². The number of hydrogen-bond donors (Lipinski definition) is 1. The van der Waals surface area contributed by atoms with Crippen molar-refractivity contribution in [1.29, 1.82) is 0 Å². The highest BCUT2D eigenvalue weighted by Crippen LogP contribution is 2.30. The van der Waals surface area contributed by atoms with Crippen LogP contribution in [0.4, 0.5) is 11.4 Å². The summed E-state index contributed by atoms with van der Waals surface area (Å²) < 4.78 is 0. The molecule has 2 amide bonds. The van der Waals surface area contributed by atoms with Gasteiger partial charge in [0.1, 0.15) is 9.88 Å². The number of amides is 2. The zero-order chi connectivity index (χ0) is 22.5. The maximum Gasteiger partial charge on any atom is 0.267 e. The van der Waals surface area contributed by atoms with Crippen molar-refractivity contribution < 1.29 is 9.59 Å². The fraction of sp³-hybridized carbons (Fsp3) is 0.160. The molecule has 7 heteroatoms. The highest BCUT2D eigenvalue weighted by molar-refractivity contribution is 7.17. The van der Waals surface area contributed by atoms with E-state index in [0.717, 1.165) is 27.5 Å². The number of likely N-dealkylation sites (N-methyl/N-ethyl adjacent to an activating group) is 1. The van der Waals surface area contributed by atoms with Crippen LogP contribution in [-0.2, 0) is 11.2 Å². The number of nitrogens with zero attached hydrogens (tertiary/aromatic N) is 2. The van der Waals surface area contributed by atoms with Crippen molar-refractivity contribution in [2.24, 2.45) is 0 Å². The van der Waals surface area contributed by atoms with E-state index in [-0.39, 0.29) is 11.8 Å². The van der Waals surface area contributed by atoms with Crippen LogP contribution in [0.25, 0.3) is 10.6 Å². The first kappa shape index (κ1) is 21.9. The lowest BCUT2D eigenvalue weighted by molar-refractivity contribution is -0.117. The minimum atomic E-state index is -0.174. The Hall–Kier alpha value is -3.29. The van der Waals surface area contributed by atoms with Gasteiger partial charge in [0, 0.05) is 28.9 Å². The largest absolute Gasteiger partial charge is 0.321 e. The molecule has 0 radical (unpaired) electrons. The van der Waals surface area contributed by atoms with Crippen LogP contribution in [0.15, 0.2) is 71.4 Å². The number of aryl methyl sites for hydroxylation is 1. The smallest absolute Gasteiger partial charge is 0.267 e. The van der Waals surface area contributed by atoms with Crippen molar-refractivity contribution in [3.8, 4) is 10.6 Å². The molecule has 5 nitrogen and oxygen atoms in total.